The number of hydrogen-bond acceptors (Lipinski definition) is 3. The van der Waals surface area contributed by atoms with Crippen LogP contribution in [0.15, 0.2) is 12.1 Å². The Morgan fingerprint density at radius 3 is 2.42 bits per heavy atom. The van der Waals surface area contributed by atoms with Crippen LogP contribution in [0.4, 0.5) is 0 Å². The lowest BCUT2D eigenvalue weighted by atomic mass is 9.65. The minimum atomic E-state index is 0. The van der Waals surface area contributed by atoms with Crippen molar-refractivity contribution in [1.82, 2.24) is 4.90 Å². The molecule has 1 amide bonds. The molecule has 0 saturated heterocycles. The lowest BCUT2D eigenvalue weighted by Gasteiger charge is -2.45. The minimum Gasteiger partial charge on any atom is -0.335 e. The number of carbonyl (C=O) groups is 1. The summed E-state index contributed by atoms with van der Waals surface area (Å²) in [7, 11) is 0. The predicted molar refractivity (Wildman–Crippen MR) is 104 cm³/mol. The number of thiophene rings is 1. The van der Waals surface area contributed by atoms with Crippen molar-refractivity contribution in [2.24, 2.45) is 23.5 Å². The molecule has 136 valence electrons. The minimum absolute atomic E-state index is 0. The molecule has 0 aromatic carbocycles. The maximum absolute atomic E-state index is 13.2. The van der Waals surface area contributed by atoms with Gasteiger partial charge in [-0.15, -0.1) is 23.7 Å². The molecule has 24 heavy (non-hydrogen) atoms. The summed E-state index contributed by atoms with van der Waals surface area (Å²) < 4.78 is 0. The molecule has 0 aliphatic heterocycles. The Balaban J connectivity index is 0.00000208. The van der Waals surface area contributed by atoms with Gasteiger partial charge in [0.25, 0.3) is 0 Å². The summed E-state index contributed by atoms with van der Waals surface area (Å²) in [6, 6.07) is 4.89. The Kier molecular flexibility index (Phi) is 6.74. The lowest BCUT2D eigenvalue weighted by Crippen LogP contribution is -2.50. The number of nitrogens with two attached hydrogens (primary N) is 1. The van der Waals surface area contributed by atoms with Gasteiger partial charge in [-0.1, -0.05) is 6.42 Å². The van der Waals surface area contributed by atoms with Crippen LogP contribution < -0.4 is 5.73 Å². The van der Waals surface area contributed by atoms with Gasteiger partial charge in [-0.05, 0) is 70.4 Å². The van der Waals surface area contributed by atoms with Crippen LogP contribution in [0, 0.1) is 24.7 Å². The molecule has 0 radical (unpaired) electrons. The first kappa shape index (κ1) is 19.7. The van der Waals surface area contributed by atoms with E-state index in [2.05, 4.69) is 37.8 Å². The Bertz CT molecular complexity index is 545. The summed E-state index contributed by atoms with van der Waals surface area (Å²) in [5, 5.41) is 0. The van der Waals surface area contributed by atoms with E-state index in [0.717, 1.165) is 19.4 Å². The van der Waals surface area contributed by atoms with Crippen molar-refractivity contribution in [3.05, 3.63) is 21.9 Å². The van der Waals surface area contributed by atoms with Gasteiger partial charge in [-0.25, -0.2) is 0 Å². The second-order valence-corrected chi connectivity index (χ2v) is 9.14. The van der Waals surface area contributed by atoms with E-state index < -0.39 is 0 Å². The molecule has 2 N–H and O–H groups in total. The fourth-order valence-corrected chi connectivity index (χ4v) is 5.37. The highest BCUT2D eigenvalue weighted by Crippen LogP contribution is 2.42. The number of fused-ring (bicyclic) bond motifs is 2. The fraction of sp³-hybridized carbons (Fsp3) is 0.737. The van der Waals surface area contributed by atoms with Crippen LogP contribution in [0.5, 0.6) is 0 Å². The van der Waals surface area contributed by atoms with Crippen LogP contribution in [0.25, 0.3) is 0 Å². The van der Waals surface area contributed by atoms with Crippen molar-refractivity contribution in [2.45, 2.75) is 71.5 Å². The molecule has 2 unspecified atom stereocenters. The number of amides is 1. The molecule has 1 aromatic rings. The van der Waals surface area contributed by atoms with Crippen LogP contribution in [0.3, 0.4) is 0 Å². The van der Waals surface area contributed by atoms with Crippen molar-refractivity contribution in [3.63, 3.8) is 0 Å². The Hall–Kier alpha value is -0.580. The molecular formula is C19H31ClN2OS. The number of hydrogen-bond donors (Lipinski definition) is 1. The van der Waals surface area contributed by atoms with Gasteiger partial charge in [0, 0.05) is 27.8 Å². The van der Waals surface area contributed by atoms with Crippen molar-refractivity contribution in [1.29, 1.82) is 0 Å². The summed E-state index contributed by atoms with van der Waals surface area (Å²) in [4.78, 5) is 17.9. The van der Waals surface area contributed by atoms with Crippen LogP contribution >= 0.6 is 23.7 Å². The highest BCUT2D eigenvalue weighted by molar-refractivity contribution is 7.11. The average Bonchev–Trinajstić information content (AvgIpc) is 2.89. The molecule has 2 bridgehead atoms. The first-order valence-electron chi connectivity index (χ1n) is 9.07. The van der Waals surface area contributed by atoms with Crippen molar-refractivity contribution in [3.8, 4) is 0 Å². The molecular weight excluding hydrogens is 340 g/mol. The first-order chi connectivity index (χ1) is 11.0. The average molecular weight is 371 g/mol. The second-order valence-electron chi connectivity index (χ2n) is 7.77. The Labute approximate surface area is 156 Å². The highest BCUT2D eigenvalue weighted by atomic mass is 35.5. The van der Waals surface area contributed by atoms with Gasteiger partial charge in [0.1, 0.15) is 0 Å². The molecule has 5 heteroatoms. The standard InChI is InChI=1S/C19H30N2OS.ClH/c1-12(2)21(11-17-8-7-13(3)23-17)19(22)16-9-14-5-4-6-15(10-16)18(14)20;/h7-8,12,14-16,18H,4-6,9-11,20H2,1-3H3;1H. The molecule has 2 aliphatic rings. The first-order valence-corrected chi connectivity index (χ1v) is 9.88. The van der Waals surface area contributed by atoms with Crippen LogP contribution in [0.1, 0.15) is 55.7 Å². The van der Waals surface area contributed by atoms with E-state index in [1.54, 1.807) is 11.3 Å². The molecule has 2 atom stereocenters. The second kappa shape index (κ2) is 8.20. The van der Waals surface area contributed by atoms with Gasteiger partial charge < -0.3 is 10.6 Å². The van der Waals surface area contributed by atoms with E-state index in [-0.39, 0.29) is 24.4 Å². The van der Waals surface area contributed by atoms with Crippen LogP contribution in [-0.2, 0) is 11.3 Å². The fourth-order valence-electron chi connectivity index (χ4n) is 4.48. The van der Waals surface area contributed by atoms with Crippen molar-refractivity contribution < 1.29 is 4.79 Å². The third-order valence-corrected chi connectivity index (χ3v) is 6.78. The SMILES string of the molecule is Cc1ccc(CN(C(=O)C2CC3CCCC(C2)C3N)C(C)C)s1.Cl. The quantitative estimate of drug-likeness (QED) is 0.855. The van der Waals surface area contributed by atoms with Gasteiger partial charge in [-0.3, -0.25) is 4.79 Å². The monoisotopic (exact) mass is 370 g/mol. The third-order valence-electron chi connectivity index (χ3n) is 5.79. The smallest absolute Gasteiger partial charge is 0.226 e. The summed E-state index contributed by atoms with van der Waals surface area (Å²) in [5.41, 5.74) is 6.39. The van der Waals surface area contributed by atoms with Gasteiger partial charge in [0.05, 0.1) is 6.54 Å². The molecule has 2 aliphatic carbocycles. The molecule has 1 aromatic heterocycles. The number of nitrogens with zero attached hydrogens (tertiary/aromatic N) is 1. The van der Waals surface area contributed by atoms with Gasteiger partial charge >= 0.3 is 0 Å². The largest absolute Gasteiger partial charge is 0.335 e. The van der Waals surface area contributed by atoms with Crippen molar-refractivity contribution >= 4 is 29.7 Å². The number of rotatable bonds is 4. The highest BCUT2D eigenvalue weighted by Gasteiger charge is 2.41. The van der Waals surface area contributed by atoms with E-state index in [1.165, 1.54) is 29.0 Å². The maximum Gasteiger partial charge on any atom is 0.226 e. The van der Waals surface area contributed by atoms with Crippen molar-refractivity contribution in [2.75, 3.05) is 0 Å². The zero-order chi connectivity index (χ0) is 16.6. The van der Waals surface area contributed by atoms with E-state index in [4.69, 9.17) is 5.73 Å². The topological polar surface area (TPSA) is 46.3 Å². The number of carbonyl (C=O) groups excluding carboxylic acids is 1. The van der Waals surface area contributed by atoms with Crippen LogP contribution in [0.2, 0.25) is 0 Å². The lowest BCUT2D eigenvalue weighted by molar-refractivity contribution is -0.141. The number of halogens is 1. The molecule has 3 rings (SSSR count). The molecule has 2 fully saturated rings. The predicted octanol–water partition coefficient (Wildman–Crippen LogP) is 4.37. The molecule has 2 saturated carbocycles. The zero-order valence-corrected chi connectivity index (χ0v) is 16.7. The number of aryl methyl sites for hydroxylation is 1. The van der Waals surface area contributed by atoms with E-state index in [1.807, 2.05) is 0 Å². The Morgan fingerprint density at radius 1 is 1.29 bits per heavy atom. The molecule has 3 nitrogen and oxygen atoms in total. The van der Waals surface area contributed by atoms with Crippen LogP contribution in [-0.4, -0.2) is 22.9 Å². The molecule has 1 heterocycles. The van der Waals surface area contributed by atoms with E-state index in [0.29, 0.717) is 23.8 Å². The summed E-state index contributed by atoms with van der Waals surface area (Å²) in [6.07, 6.45) is 5.74. The third kappa shape index (κ3) is 4.14. The maximum atomic E-state index is 13.2. The van der Waals surface area contributed by atoms with Gasteiger partial charge in [0.2, 0.25) is 5.91 Å². The van der Waals surface area contributed by atoms with E-state index in [9.17, 15) is 4.79 Å². The normalized spacial score (nSPS) is 29.2. The zero-order valence-electron chi connectivity index (χ0n) is 15.0. The van der Waals surface area contributed by atoms with E-state index >= 15 is 0 Å². The van der Waals surface area contributed by atoms with Gasteiger partial charge in [-0.2, -0.15) is 0 Å². The summed E-state index contributed by atoms with van der Waals surface area (Å²) in [5.74, 6) is 1.67. The van der Waals surface area contributed by atoms with Gasteiger partial charge in [0.15, 0.2) is 0 Å². The Morgan fingerprint density at radius 2 is 1.92 bits per heavy atom. The molecule has 0 spiro atoms. The summed E-state index contributed by atoms with van der Waals surface area (Å²) >= 11 is 1.80. The summed E-state index contributed by atoms with van der Waals surface area (Å²) in [6.45, 7) is 7.15.